The van der Waals surface area contributed by atoms with Gasteiger partial charge in [-0.3, -0.25) is 9.58 Å². The normalized spacial score (nSPS) is 14.3. The standard InChI is InChI=1S/C13H26N4/c1-6-17(10-13(3,4)9-14)11(2)12-7-15-16(5)8-12/h7-8,11H,6,9-10,14H2,1-5H3. The van der Waals surface area contributed by atoms with Gasteiger partial charge in [-0.2, -0.15) is 5.10 Å². The summed E-state index contributed by atoms with van der Waals surface area (Å²) >= 11 is 0. The summed E-state index contributed by atoms with van der Waals surface area (Å²) in [5.41, 5.74) is 7.23. The van der Waals surface area contributed by atoms with Crippen LogP contribution < -0.4 is 5.73 Å². The number of nitrogens with two attached hydrogens (primary N) is 1. The number of aromatic nitrogens is 2. The number of hydrogen-bond acceptors (Lipinski definition) is 3. The minimum atomic E-state index is 0.159. The van der Waals surface area contributed by atoms with Crippen LogP contribution in [0.25, 0.3) is 0 Å². The molecule has 0 aliphatic heterocycles. The molecular formula is C13H26N4. The minimum Gasteiger partial charge on any atom is -0.330 e. The predicted molar refractivity (Wildman–Crippen MR) is 71.7 cm³/mol. The van der Waals surface area contributed by atoms with E-state index in [4.69, 9.17) is 5.73 Å². The maximum atomic E-state index is 5.81. The number of nitrogens with zero attached hydrogens (tertiary/aromatic N) is 3. The maximum Gasteiger partial charge on any atom is 0.0537 e. The fourth-order valence-corrected chi connectivity index (χ4v) is 2.00. The van der Waals surface area contributed by atoms with E-state index in [2.05, 4.69) is 43.9 Å². The molecule has 1 unspecified atom stereocenters. The molecule has 98 valence electrons. The molecule has 0 radical (unpaired) electrons. The summed E-state index contributed by atoms with van der Waals surface area (Å²) in [6, 6.07) is 0.388. The molecule has 4 heteroatoms. The van der Waals surface area contributed by atoms with E-state index >= 15 is 0 Å². The van der Waals surface area contributed by atoms with Crippen LogP contribution in [0.15, 0.2) is 12.4 Å². The Kier molecular flexibility index (Phi) is 4.71. The van der Waals surface area contributed by atoms with Gasteiger partial charge >= 0.3 is 0 Å². The zero-order valence-electron chi connectivity index (χ0n) is 11.8. The lowest BCUT2D eigenvalue weighted by molar-refractivity contribution is 0.148. The van der Waals surface area contributed by atoms with E-state index in [9.17, 15) is 0 Å². The van der Waals surface area contributed by atoms with Gasteiger partial charge in [0.05, 0.1) is 6.20 Å². The third kappa shape index (κ3) is 3.82. The van der Waals surface area contributed by atoms with Crippen molar-refractivity contribution < 1.29 is 0 Å². The fraction of sp³-hybridized carbons (Fsp3) is 0.769. The van der Waals surface area contributed by atoms with Crippen molar-refractivity contribution in [3.63, 3.8) is 0 Å². The monoisotopic (exact) mass is 238 g/mol. The van der Waals surface area contributed by atoms with E-state index in [1.54, 1.807) is 0 Å². The Morgan fingerprint density at radius 2 is 2.18 bits per heavy atom. The average Bonchev–Trinajstić information content (AvgIpc) is 2.72. The highest BCUT2D eigenvalue weighted by Gasteiger charge is 2.23. The lowest BCUT2D eigenvalue weighted by Gasteiger charge is -2.34. The highest BCUT2D eigenvalue weighted by Crippen LogP contribution is 2.24. The van der Waals surface area contributed by atoms with Crippen molar-refractivity contribution in [1.82, 2.24) is 14.7 Å². The molecule has 0 spiro atoms. The third-order valence-corrected chi connectivity index (χ3v) is 3.34. The second kappa shape index (κ2) is 5.65. The molecule has 0 aliphatic carbocycles. The van der Waals surface area contributed by atoms with Gasteiger partial charge in [-0.15, -0.1) is 0 Å². The van der Waals surface area contributed by atoms with Crippen LogP contribution in [-0.4, -0.2) is 34.3 Å². The van der Waals surface area contributed by atoms with Crippen molar-refractivity contribution in [2.75, 3.05) is 19.6 Å². The predicted octanol–water partition coefficient (Wildman–Crippen LogP) is 1.79. The first kappa shape index (κ1) is 14.2. The van der Waals surface area contributed by atoms with Crippen molar-refractivity contribution >= 4 is 0 Å². The molecule has 0 aliphatic rings. The lowest BCUT2D eigenvalue weighted by atomic mass is 9.92. The molecule has 1 aromatic heterocycles. The van der Waals surface area contributed by atoms with Gasteiger partial charge in [0.25, 0.3) is 0 Å². The Hall–Kier alpha value is -0.870. The van der Waals surface area contributed by atoms with Crippen LogP contribution in [0.5, 0.6) is 0 Å². The molecule has 17 heavy (non-hydrogen) atoms. The maximum absolute atomic E-state index is 5.81. The smallest absolute Gasteiger partial charge is 0.0537 e. The fourth-order valence-electron chi connectivity index (χ4n) is 2.00. The van der Waals surface area contributed by atoms with Crippen LogP contribution in [0.1, 0.15) is 39.3 Å². The summed E-state index contributed by atoms with van der Waals surface area (Å²) in [5, 5.41) is 4.24. The summed E-state index contributed by atoms with van der Waals surface area (Å²) in [6.07, 6.45) is 4.03. The topological polar surface area (TPSA) is 47.1 Å². The van der Waals surface area contributed by atoms with Gasteiger partial charge in [0.1, 0.15) is 0 Å². The Morgan fingerprint density at radius 3 is 2.59 bits per heavy atom. The summed E-state index contributed by atoms with van der Waals surface area (Å²) in [7, 11) is 1.95. The van der Waals surface area contributed by atoms with Gasteiger partial charge in [-0.25, -0.2) is 0 Å². The first-order valence-electron chi connectivity index (χ1n) is 6.32. The molecule has 1 rings (SSSR count). The Labute approximate surface area is 105 Å². The van der Waals surface area contributed by atoms with Crippen LogP contribution in [0, 0.1) is 5.41 Å². The van der Waals surface area contributed by atoms with Gasteiger partial charge in [-0.1, -0.05) is 20.8 Å². The molecule has 0 aromatic carbocycles. The van der Waals surface area contributed by atoms with Crippen molar-refractivity contribution in [2.24, 2.45) is 18.2 Å². The largest absolute Gasteiger partial charge is 0.330 e. The Bertz CT molecular complexity index is 343. The van der Waals surface area contributed by atoms with Crippen LogP contribution in [0.3, 0.4) is 0 Å². The number of hydrogen-bond donors (Lipinski definition) is 1. The summed E-state index contributed by atoms with van der Waals surface area (Å²) in [5.74, 6) is 0. The quantitative estimate of drug-likeness (QED) is 0.822. The van der Waals surface area contributed by atoms with Gasteiger partial charge in [0, 0.05) is 31.4 Å². The highest BCUT2D eigenvalue weighted by molar-refractivity contribution is 5.09. The van der Waals surface area contributed by atoms with E-state index in [-0.39, 0.29) is 5.41 Å². The summed E-state index contributed by atoms with van der Waals surface area (Å²) < 4.78 is 1.85. The first-order valence-corrected chi connectivity index (χ1v) is 6.32. The highest BCUT2D eigenvalue weighted by atomic mass is 15.2. The molecule has 0 bridgehead atoms. The molecule has 4 nitrogen and oxygen atoms in total. The van der Waals surface area contributed by atoms with Crippen molar-refractivity contribution in [1.29, 1.82) is 0 Å². The van der Waals surface area contributed by atoms with Crippen molar-refractivity contribution in [3.05, 3.63) is 18.0 Å². The lowest BCUT2D eigenvalue weighted by Crippen LogP contribution is -2.39. The van der Waals surface area contributed by atoms with E-state index in [0.717, 1.165) is 13.1 Å². The zero-order valence-corrected chi connectivity index (χ0v) is 11.8. The molecule has 0 amide bonds. The molecule has 1 atom stereocenters. The summed E-state index contributed by atoms with van der Waals surface area (Å²) in [6.45, 7) is 11.6. The van der Waals surface area contributed by atoms with Crippen molar-refractivity contribution in [2.45, 2.75) is 33.7 Å². The molecule has 1 heterocycles. The third-order valence-electron chi connectivity index (χ3n) is 3.34. The van der Waals surface area contributed by atoms with Gasteiger partial charge in [0.15, 0.2) is 0 Å². The summed E-state index contributed by atoms with van der Waals surface area (Å²) in [4.78, 5) is 2.45. The Morgan fingerprint density at radius 1 is 1.53 bits per heavy atom. The van der Waals surface area contributed by atoms with Gasteiger partial charge in [-0.05, 0) is 25.4 Å². The molecule has 0 fully saturated rings. The second-order valence-electron chi connectivity index (χ2n) is 5.55. The second-order valence-corrected chi connectivity index (χ2v) is 5.55. The van der Waals surface area contributed by atoms with Crippen molar-refractivity contribution in [3.8, 4) is 0 Å². The van der Waals surface area contributed by atoms with E-state index in [1.807, 2.05) is 17.9 Å². The molecule has 2 N–H and O–H groups in total. The van der Waals surface area contributed by atoms with Crippen LogP contribution >= 0.6 is 0 Å². The number of aryl methyl sites for hydroxylation is 1. The number of rotatable bonds is 6. The van der Waals surface area contributed by atoms with Crippen LogP contribution in [0.4, 0.5) is 0 Å². The minimum absolute atomic E-state index is 0.159. The van der Waals surface area contributed by atoms with Gasteiger partial charge < -0.3 is 5.73 Å². The molecule has 0 saturated heterocycles. The van der Waals surface area contributed by atoms with E-state index in [1.165, 1.54) is 5.56 Å². The Balaban J connectivity index is 2.74. The molecule has 1 aromatic rings. The average molecular weight is 238 g/mol. The first-order chi connectivity index (χ1) is 7.89. The zero-order chi connectivity index (χ0) is 13.1. The van der Waals surface area contributed by atoms with Crippen LogP contribution in [0.2, 0.25) is 0 Å². The molecular weight excluding hydrogens is 212 g/mol. The van der Waals surface area contributed by atoms with Crippen LogP contribution in [-0.2, 0) is 7.05 Å². The molecule has 0 saturated carbocycles. The van der Waals surface area contributed by atoms with E-state index < -0.39 is 0 Å². The van der Waals surface area contributed by atoms with E-state index in [0.29, 0.717) is 12.6 Å². The SMILES string of the molecule is CCN(CC(C)(C)CN)C(C)c1cnn(C)c1. The van der Waals surface area contributed by atoms with Gasteiger partial charge in [0.2, 0.25) is 0 Å².